The average Bonchev–Trinajstić information content (AvgIpc) is 3.45. The third-order valence-corrected chi connectivity index (χ3v) is 17.0. The number of hydrogen-bond acceptors (Lipinski definition) is 6. The fourth-order valence-electron chi connectivity index (χ4n) is 11.6. The van der Waals surface area contributed by atoms with Crippen LogP contribution in [0.5, 0.6) is 0 Å². The Kier molecular flexibility index (Phi) is 62.1. The summed E-state index contributed by atoms with van der Waals surface area (Å²) < 4.78 is 13.0. The maximum atomic E-state index is 13.6. The van der Waals surface area contributed by atoms with Crippen molar-refractivity contribution in [1.82, 2.24) is 9.80 Å². The van der Waals surface area contributed by atoms with E-state index in [2.05, 4.69) is 114 Å². The Balaban J connectivity index is 5.21. The maximum absolute atomic E-state index is 13.6. The predicted molar refractivity (Wildman–Crippen MR) is 359 cm³/mol. The van der Waals surface area contributed by atoms with Crippen LogP contribution in [0.15, 0.2) is 48.6 Å². The molecule has 0 aromatic heterocycles. The van der Waals surface area contributed by atoms with E-state index in [4.69, 9.17) is 9.47 Å². The van der Waals surface area contributed by atoms with Gasteiger partial charge in [0.25, 0.3) is 0 Å². The molecule has 0 N–H and O–H groups in total. The number of ether oxygens (including phenoxy) is 2. The van der Waals surface area contributed by atoms with Gasteiger partial charge in [0.15, 0.2) is 0 Å². The van der Waals surface area contributed by atoms with E-state index in [0.717, 1.165) is 116 Å². The molecule has 3 atom stereocenters. The first-order valence-electron chi connectivity index (χ1n) is 36.0. The Bertz CT molecular complexity index is 1400. The number of nitrogens with zero attached hydrogens (tertiary/aromatic N) is 2. The molecule has 0 radical (unpaired) electrons. The van der Waals surface area contributed by atoms with E-state index in [0.29, 0.717) is 24.7 Å². The van der Waals surface area contributed by atoms with Crippen LogP contribution in [0.4, 0.5) is 0 Å². The molecule has 0 aliphatic rings. The molecule has 0 rings (SSSR count). The minimum Gasteiger partial charge on any atom is -0.462 e. The second-order valence-corrected chi connectivity index (χ2v) is 25.4. The van der Waals surface area contributed by atoms with Crippen molar-refractivity contribution < 1.29 is 19.1 Å². The van der Waals surface area contributed by atoms with Gasteiger partial charge >= 0.3 is 11.9 Å². The van der Waals surface area contributed by atoms with E-state index in [9.17, 15) is 9.59 Å². The van der Waals surface area contributed by atoms with Gasteiger partial charge in [-0.3, -0.25) is 9.59 Å². The highest BCUT2D eigenvalue weighted by Gasteiger charge is 2.26. The minimum atomic E-state index is -0.0189. The Morgan fingerprint density at radius 1 is 0.296 bits per heavy atom. The Labute approximate surface area is 507 Å². The minimum absolute atomic E-state index is 0.00719. The SMILES string of the molecule is CCCCCC=CCCCC(OC(=O)CCCCN(C)CCCCCCC=CCCC(CCC=CCCCCC)C(CCC=CCCCCC)OC(=O)CCCCN(C)C)C(CCCCCCCCCC)CCCCCCCCCC. The summed E-state index contributed by atoms with van der Waals surface area (Å²) in [4.78, 5) is 31.5. The Hall–Kier alpha value is -2.18. The fourth-order valence-corrected chi connectivity index (χ4v) is 11.6. The standard InChI is InChI=1S/C75H142N2O4/c1-9-14-19-24-29-36-42-49-60-71(61-50-43-37-30-25-20-15-10-2)73(64-53-46-39-31-26-21-16-11-3)81-75(79)66-55-58-69-77(8)68-56-47-40-33-32-38-44-51-62-70(59-48-41-34-27-22-17-12-4)72(63-52-45-35-28-23-18-13-5)80-74(78)65-54-57-67-76(6)7/h31,34-35,38-39,41,44-45,70-73H,9-30,32-33,36-37,40,42-43,46-69H2,1-8H3. The van der Waals surface area contributed by atoms with Crippen LogP contribution in [-0.4, -0.2) is 74.7 Å². The lowest BCUT2D eigenvalue weighted by Gasteiger charge is -2.28. The molecule has 0 amide bonds. The van der Waals surface area contributed by atoms with Gasteiger partial charge < -0.3 is 19.3 Å². The van der Waals surface area contributed by atoms with Crippen LogP contribution >= 0.6 is 0 Å². The van der Waals surface area contributed by atoms with E-state index in [1.165, 1.54) is 212 Å². The van der Waals surface area contributed by atoms with Crippen LogP contribution in [0.1, 0.15) is 356 Å². The first kappa shape index (κ1) is 78.8. The van der Waals surface area contributed by atoms with Crippen molar-refractivity contribution in [2.75, 3.05) is 40.8 Å². The molecule has 3 unspecified atom stereocenters. The molecule has 0 saturated heterocycles. The number of carbonyl (C=O) groups is 2. The number of rotatable bonds is 64. The number of hydrogen-bond donors (Lipinski definition) is 0. The van der Waals surface area contributed by atoms with Gasteiger partial charge in [-0.05, 0) is 207 Å². The van der Waals surface area contributed by atoms with Crippen molar-refractivity contribution in [3.63, 3.8) is 0 Å². The molecule has 0 bridgehead atoms. The van der Waals surface area contributed by atoms with Gasteiger partial charge in [-0.15, -0.1) is 0 Å². The fraction of sp³-hybridized carbons (Fsp3) is 0.867. The molecule has 0 aromatic rings. The lowest BCUT2D eigenvalue weighted by Crippen LogP contribution is -2.28. The highest BCUT2D eigenvalue weighted by atomic mass is 16.5. The third kappa shape index (κ3) is 56.7. The molecule has 0 aliphatic heterocycles. The molecule has 0 aliphatic carbocycles. The monoisotopic (exact) mass is 1140 g/mol. The quantitative estimate of drug-likeness (QED) is 0.0344. The van der Waals surface area contributed by atoms with Crippen molar-refractivity contribution in [1.29, 1.82) is 0 Å². The van der Waals surface area contributed by atoms with E-state index in [1.54, 1.807) is 0 Å². The van der Waals surface area contributed by atoms with Gasteiger partial charge in [0, 0.05) is 12.8 Å². The molecule has 0 aromatic carbocycles. The molecule has 6 nitrogen and oxygen atoms in total. The van der Waals surface area contributed by atoms with Gasteiger partial charge in [-0.2, -0.15) is 0 Å². The summed E-state index contributed by atoms with van der Waals surface area (Å²) in [6.45, 7) is 14.6. The second-order valence-electron chi connectivity index (χ2n) is 25.4. The van der Waals surface area contributed by atoms with Gasteiger partial charge in [0.2, 0.25) is 0 Å². The van der Waals surface area contributed by atoms with Crippen LogP contribution in [0.25, 0.3) is 0 Å². The largest absolute Gasteiger partial charge is 0.462 e. The van der Waals surface area contributed by atoms with Gasteiger partial charge in [0.05, 0.1) is 0 Å². The van der Waals surface area contributed by atoms with Gasteiger partial charge in [0.1, 0.15) is 12.2 Å². The summed E-state index contributed by atoms with van der Waals surface area (Å²) in [6, 6.07) is 0. The smallest absolute Gasteiger partial charge is 0.306 e. The van der Waals surface area contributed by atoms with Gasteiger partial charge in [-0.25, -0.2) is 0 Å². The van der Waals surface area contributed by atoms with Crippen LogP contribution in [-0.2, 0) is 19.1 Å². The molecule has 0 fully saturated rings. The van der Waals surface area contributed by atoms with E-state index in [-0.39, 0.29) is 24.1 Å². The van der Waals surface area contributed by atoms with Crippen LogP contribution < -0.4 is 0 Å². The summed E-state index contributed by atoms with van der Waals surface area (Å²) in [5, 5.41) is 0. The third-order valence-electron chi connectivity index (χ3n) is 17.0. The van der Waals surface area contributed by atoms with E-state index < -0.39 is 0 Å². The maximum Gasteiger partial charge on any atom is 0.306 e. The van der Waals surface area contributed by atoms with E-state index >= 15 is 0 Å². The number of unbranched alkanes of at least 4 members (excludes halogenated alkanes) is 30. The number of carbonyl (C=O) groups excluding carboxylic acids is 2. The van der Waals surface area contributed by atoms with Crippen molar-refractivity contribution in [2.45, 2.75) is 368 Å². The van der Waals surface area contributed by atoms with Crippen LogP contribution in [0.2, 0.25) is 0 Å². The van der Waals surface area contributed by atoms with Crippen LogP contribution in [0.3, 0.4) is 0 Å². The van der Waals surface area contributed by atoms with E-state index in [1.807, 2.05) is 0 Å². The summed E-state index contributed by atoms with van der Waals surface area (Å²) in [6.07, 6.45) is 78.7. The normalized spacial score (nSPS) is 13.4. The Morgan fingerprint density at radius 3 is 1.02 bits per heavy atom. The zero-order chi connectivity index (χ0) is 59.2. The average molecular weight is 1140 g/mol. The highest BCUT2D eigenvalue weighted by molar-refractivity contribution is 5.69. The molecular weight excluding hydrogens is 993 g/mol. The molecule has 476 valence electrons. The summed E-state index contributed by atoms with van der Waals surface area (Å²) in [5.41, 5.74) is 0. The van der Waals surface area contributed by atoms with Gasteiger partial charge in [-0.1, -0.05) is 237 Å². The summed E-state index contributed by atoms with van der Waals surface area (Å²) >= 11 is 0. The second kappa shape index (κ2) is 63.8. The lowest BCUT2D eigenvalue weighted by atomic mass is 9.87. The molecule has 6 heteroatoms. The van der Waals surface area contributed by atoms with Crippen molar-refractivity contribution in [2.24, 2.45) is 11.8 Å². The summed E-state index contributed by atoms with van der Waals surface area (Å²) in [5.74, 6) is 0.916. The molecule has 0 saturated carbocycles. The predicted octanol–water partition coefficient (Wildman–Crippen LogP) is 23.4. The molecule has 81 heavy (non-hydrogen) atoms. The van der Waals surface area contributed by atoms with Crippen molar-refractivity contribution in [3.8, 4) is 0 Å². The molecule has 0 heterocycles. The molecule has 0 spiro atoms. The Morgan fingerprint density at radius 2 is 0.593 bits per heavy atom. The number of allylic oxidation sites excluding steroid dienone is 8. The number of esters is 2. The zero-order valence-electron chi connectivity index (χ0n) is 55.9. The lowest BCUT2D eigenvalue weighted by molar-refractivity contribution is -0.153. The first-order chi connectivity index (χ1) is 39.7. The van der Waals surface area contributed by atoms with Crippen molar-refractivity contribution in [3.05, 3.63) is 48.6 Å². The van der Waals surface area contributed by atoms with Crippen molar-refractivity contribution >= 4 is 11.9 Å². The molecular formula is C75H142N2O4. The zero-order valence-corrected chi connectivity index (χ0v) is 55.9. The first-order valence-corrected chi connectivity index (χ1v) is 36.0. The summed E-state index contributed by atoms with van der Waals surface area (Å²) in [7, 11) is 6.46. The topological polar surface area (TPSA) is 59.1 Å². The van der Waals surface area contributed by atoms with Crippen LogP contribution in [0, 0.1) is 11.8 Å². The highest BCUT2D eigenvalue weighted by Crippen LogP contribution is 2.29.